The lowest BCUT2D eigenvalue weighted by Gasteiger charge is -2.34. The van der Waals surface area contributed by atoms with Gasteiger partial charge in [-0.2, -0.15) is 0 Å². The fourth-order valence-electron chi connectivity index (χ4n) is 2.99. The van der Waals surface area contributed by atoms with Gasteiger partial charge in [0.15, 0.2) is 5.96 Å². The minimum atomic E-state index is 0.661. The summed E-state index contributed by atoms with van der Waals surface area (Å²) in [7, 11) is 0. The Bertz CT molecular complexity index is 312. The van der Waals surface area contributed by atoms with Crippen molar-refractivity contribution in [1.82, 2.24) is 15.5 Å². The second-order valence-corrected chi connectivity index (χ2v) is 7.28. The molecule has 0 spiro atoms. The van der Waals surface area contributed by atoms with E-state index in [1.54, 1.807) is 0 Å². The van der Waals surface area contributed by atoms with Crippen molar-refractivity contribution in [3.05, 3.63) is 0 Å². The highest BCUT2D eigenvalue weighted by Crippen LogP contribution is 2.18. The summed E-state index contributed by atoms with van der Waals surface area (Å²) < 4.78 is 0. The van der Waals surface area contributed by atoms with E-state index in [4.69, 9.17) is 4.99 Å². The Morgan fingerprint density at radius 1 is 1.23 bits per heavy atom. The van der Waals surface area contributed by atoms with Crippen molar-refractivity contribution in [1.29, 1.82) is 0 Å². The molecule has 0 aromatic carbocycles. The summed E-state index contributed by atoms with van der Waals surface area (Å²) in [6.45, 7) is 16.6. The highest BCUT2D eigenvalue weighted by molar-refractivity contribution is 5.79. The summed E-state index contributed by atoms with van der Waals surface area (Å²) in [4.78, 5) is 7.41. The van der Waals surface area contributed by atoms with E-state index < -0.39 is 0 Å². The second-order valence-electron chi connectivity index (χ2n) is 7.28. The van der Waals surface area contributed by atoms with Gasteiger partial charge in [-0.05, 0) is 64.8 Å². The van der Waals surface area contributed by atoms with E-state index in [1.165, 1.54) is 38.8 Å². The third-order valence-electron chi connectivity index (χ3n) is 4.38. The first-order valence-electron chi connectivity index (χ1n) is 9.29. The summed E-state index contributed by atoms with van der Waals surface area (Å²) in [5.41, 5.74) is 0. The van der Waals surface area contributed by atoms with Crippen molar-refractivity contribution in [2.24, 2.45) is 16.8 Å². The molecular weight excluding hydrogens is 272 g/mol. The average Bonchev–Trinajstić information content (AvgIpc) is 2.49. The van der Waals surface area contributed by atoms with Crippen LogP contribution >= 0.6 is 0 Å². The molecule has 0 aromatic rings. The van der Waals surface area contributed by atoms with Gasteiger partial charge >= 0.3 is 0 Å². The van der Waals surface area contributed by atoms with Crippen molar-refractivity contribution in [3.63, 3.8) is 0 Å². The lowest BCUT2D eigenvalue weighted by molar-refractivity contribution is 0.143. The van der Waals surface area contributed by atoms with Crippen LogP contribution in [-0.4, -0.2) is 49.6 Å². The monoisotopic (exact) mass is 310 g/mol. The molecular formula is C18H38N4. The smallest absolute Gasteiger partial charge is 0.191 e. The number of likely N-dealkylation sites (tertiary alicyclic amines) is 1. The molecule has 0 bridgehead atoms. The molecule has 1 fully saturated rings. The van der Waals surface area contributed by atoms with E-state index in [-0.39, 0.29) is 0 Å². The lowest BCUT2D eigenvalue weighted by Crippen LogP contribution is -2.42. The van der Waals surface area contributed by atoms with Crippen molar-refractivity contribution in [2.45, 2.75) is 66.3 Å². The number of rotatable bonds is 8. The topological polar surface area (TPSA) is 39.7 Å². The molecule has 1 aliphatic heterocycles. The van der Waals surface area contributed by atoms with E-state index >= 15 is 0 Å². The maximum Gasteiger partial charge on any atom is 0.191 e. The van der Waals surface area contributed by atoms with Crippen LogP contribution < -0.4 is 10.6 Å². The summed E-state index contributed by atoms with van der Waals surface area (Å²) in [5.74, 6) is 2.49. The van der Waals surface area contributed by atoms with Crippen LogP contribution in [0.4, 0.5) is 0 Å². The molecule has 0 saturated carbocycles. The summed E-state index contributed by atoms with van der Waals surface area (Å²) >= 11 is 0. The predicted molar refractivity (Wildman–Crippen MR) is 97.5 cm³/mol. The van der Waals surface area contributed by atoms with Crippen molar-refractivity contribution in [3.8, 4) is 0 Å². The molecule has 130 valence electrons. The Balaban J connectivity index is 2.37. The highest BCUT2D eigenvalue weighted by Gasteiger charge is 2.21. The maximum atomic E-state index is 4.82. The molecule has 1 rings (SSSR count). The summed E-state index contributed by atoms with van der Waals surface area (Å²) in [5, 5.41) is 6.84. The van der Waals surface area contributed by atoms with Gasteiger partial charge in [-0.3, -0.25) is 4.99 Å². The molecule has 0 aliphatic carbocycles. The molecule has 0 amide bonds. The lowest BCUT2D eigenvalue weighted by atomic mass is 9.97. The van der Waals surface area contributed by atoms with Crippen LogP contribution in [-0.2, 0) is 0 Å². The normalized spacial score (nSPS) is 20.7. The first-order valence-corrected chi connectivity index (χ1v) is 9.29. The fraction of sp³-hybridized carbons (Fsp3) is 0.944. The first kappa shape index (κ1) is 19.3. The molecule has 4 nitrogen and oxygen atoms in total. The van der Waals surface area contributed by atoms with E-state index in [0.717, 1.165) is 31.5 Å². The van der Waals surface area contributed by atoms with Crippen molar-refractivity contribution >= 4 is 5.96 Å². The average molecular weight is 311 g/mol. The molecule has 0 aromatic heterocycles. The van der Waals surface area contributed by atoms with Gasteiger partial charge in [0.05, 0.1) is 0 Å². The molecule has 0 radical (unpaired) electrons. The third kappa shape index (κ3) is 8.02. The number of piperidine rings is 1. The van der Waals surface area contributed by atoms with Crippen LogP contribution in [0.3, 0.4) is 0 Å². The predicted octanol–water partition coefficient (Wildman–Crippen LogP) is 3.10. The number of aliphatic imine (C=N–C) groups is 1. The van der Waals surface area contributed by atoms with E-state index in [0.29, 0.717) is 12.0 Å². The van der Waals surface area contributed by atoms with Gasteiger partial charge in [0.2, 0.25) is 0 Å². The SMILES string of the molecule is CCNC(=NCC1CCCN(C(C)C)C1)NCCCC(C)C. The van der Waals surface area contributed by atoms with Gasteiger partial charge in [-0.15, -0.1) is 0 Å². The quantitative estimate of drug-likeness (QED) is 0.411. The van der Waals surface area contributed by atoms with Crippen LogP contribution in [0.5, 0.6) is 0 Å². The number of nitrogens with one attached hydrogen (secondary N) is 2. The van der Waals surface area contributed by atoms with E-state index in [2.05, 4.69) is 50.2 Å². The van der Waals surface area contributed by atoms with E-state index in [1.807, 2.05) is 0 Å². The zero-order valence-corrected chi connectivity index (χ0v) is 15.5. The molecule has 2 N–H and O–H groups in total. The molecule has 1 aliphatic rings. The van der Waals surface area contributed by atoms with Crippen molar-refractivity contribution < 1.29 is 0 Å². The largest absolute Gasteiger partial charge is 0.357 e. The first-order chi connectivity index (χ1) is 10.5. The minimum absolute atomic E-state index is 0.661. The Labute approximate surface area is 138 Å². The van der Waals surface area contributed by atoms with Crippen LogP contribution in [0.25, 0.3) is 0 Å². The van der Waals surface area contributed by atoms with Crippen LogP contribution in [0.1, 0.15) is 60.3 Å². The van der Waals surface area contributed by atoms with E-state index in [9.17, 15) is 0 Å². The molecule has 1 heterocycles. The summed E-state index contributed by atoms with van der Waals surface area (Å²) in [6.07, 6.45) is 5.13. The molecule has 1 atom stereocenters. The zero-order valence-electron chi connectivity index (χ0n) is 15.5. The number of hydrogen-bond donors (Lipinski definition) is 2. The zero-order chi connectivity index (χ0) is 16.4. The molecule has 22 heavy (non-hydrogen) atoms. The summed E-state index contributed by atoms with van der Waals surface area (Å²) in [6, 6.07) is 0.661. The Morgan fingerprint density at radius 2 is 2.00 bits per heavy atom. The van der Waals surface area contributed by atoms with Gasteiger partial charge in [0.25, 0.3) is 0 Å². The Morgan fingerprint density at radius 3 is 2.64 bits per heavy atom. The van der Waals surface area contributed by atoms with Crippen LogP contribution in [0.15, 0.2) is 4.99 Å². The second kappa shape index (κ2) is 10.9. The third-order valence-corrected chi connectivity index (χ3v) is 4.38. The molecule has 1 unspecified atom stereocenters. The fourth-order valence-corrected chi connectivity index (χ4v) is 2.99. The van der Waals surface area contributed by atoms with Crippen LogP contribution in [0, 0.1) is 11.8 Å². The molecule has 1 saturated heterocycles. The van der Waals surface area contributed by atoms with Crippen LogP contribution in [0.2, 0.25) is 0 Å². The Hall–Kier alpha value is -0.770. The number of guanidine groups is 1. The van der Waals surface area contributed by atoms with Crippen molar-refractivity contribution in [2.75, 3.05) is 32.7 Å². The van der Waals surface area contributed by atoms with Gasteiger partial charge in [0.1, 0.15) is 0 Å². The van der Waals surface area contributed by atoms with Gasteiger partial charge in [-0.25, -0.2) is 0 Å². The highest BCUT2D eigenvalue weighted by atomic mass is 15.2. The standard InChI is InChI=1S/C18H38N4/c1-6-19-18(20-11-7-9-15(2)3)21-13-17-10-8-12-22(14-17)16(4)5/h15-17H,6-14H2,1-5H3,(H2,19,20,21). The number of hydrogen-bond acceptors (Lipinski definition) is 2. The Kier molecular flexibility index (Phi) is 9.53. The van der Waals surface area contributed by atoms with Gasteiger partial charge in [0, 0.05) is 32.2 Å². The van der Waals surface area contributed by atoms with Gasteiger partial charge in [-0.1, -0.05) is 13.8 Å². The van der Waals surface area contributed by atoms with Gasteiger partial charge < -0.3 is 15.5 Å². The number of nitrogens with zero attached hydrogens (tertiary/aromatic N) is 2. The maximum absolute atomic E-state index is 4.82. The minimum Gasteiger partial charge on any atom is -0.357 e. The molecule has 4 heteroatoms.